The fourth-order valence-corrected chi connectivity index (χ4v) is 5.46. The molecule has 0 atom stereocenters. The smallest absolute Gasteiger partial charge is 0.321 e. The van der Waals surface area contributed by atoms with E-state index in [1.54, 1.807) is 18.6 Å². The number of oxime groups is 1. The molecule has 0 bridgehead atoms. The number of esters is 1. The second kappa shape index (κ2) is 12.2. The molecule has 11 nitrogen and oxygen atoms in total. The average Bonchev–Trinajstić information content (AvgIpc) is 3.34. The monoisotopic (exact) mass is 539 g/mol. The van der Waals surface area contributed by atoms with Crippen LogP contribution >= 0.6 is 11.3 Å². The highest BCUT2D eigenvalue weighted by atomic mass is 32.1. The maximum absolute atomic E-state index is 12.5. The van der Waals surface area contributed by atoms with Crippen molar-refractivity contribution < 1.29 is 19.2 Å². The van der Waals surface area contributed by atoms with Crippen molar-refractivity contribution in [1.82, 2.24) is 20.3 Å². The number of nitrogens with one attached hydrogen (secondary N) is 2. The van der Waals surface area contributed by atoms with Gasteiger partial charge in [0.25, 0.3) is 0 Å². The Hall–Kier alpha value is -3.80. The van der Waals surface area contributed by atoms with Crippen LogP contribution in [0.4, 0.5) is 15.9 Å². The molecule has 1 aliphatic rings. The second-order valence-corrected chi connectivity index (χ2v) is 9.95. The summed E-state index contributed by atoms with van der Waals surface area (Å²) in [6.45, 7) is 8.03. The van der Waals surface area contributed by atoms with Crippen LogP contribution in [0.5, 0.6) is 0 Å². The normalized spacial score (nSPS) is 15.0. The van der Waals surface area contributed by atoms with Gasteiger partial charge >= 0.3 is 12.0 Å². The molecule has 3 heterocycles. The second-order valence-electron chi connectivity index (χ2n) is 8.95. The Morgan fingerprint density at radius 1 is 1.16 bits per heavy atom. The number of benzene rings is 1. The Morgan fingerprint density at radius 3 is 2.53 bits per heavy atom. The highest BCUT2D eigenvalue weighted by molar-refractivity contribution is 7.22. The molecule has 0 radical (unpaired) electrons. The molecule has 12 heteroatoms. The number of anilines is 2. The van der Waals surface area contributed by atoms with Gasteiger partial charge < -0.3 is 19.8 Å². The lowest BCUT2D eigenvalue weighted by Crippen LogP contribution is -2.45. The van der Waals surface area contributed by atoms with Crippen molar-refractivity contribution in [2.75, 3.05) is 43.6 Å². The number of rotatable bonds is 9. The van der Waals surface area contributed by atoms with Gasteiger partial charge in [-0.2, -0.15) is 0 Å². The van der Waals surface area contributed by atoms with Crippen molar-refractivity contribution in [2.24, 2.45) is 10.6 Å². The molecular formula is C26H33N7O4S. The first-order valence-electron chi connectivity index (χ1n) is 12.7. The third kappa shape index (κ3) is 5.85. The van der Waals surface area contributed by atoms with E-state index in [9.17, 15) is 9.59 Å². The van der Waals surface area contributed by atoms with E-state index in [2.05, 4.69) is 35.6 Å². The van der Waals surface area contributed by atoms with Gasteiger partial charge in [0, 0.05) is 43.2 Å². The van der Waals surface area contributed by atoms with Crippen molar-refractivity contribution in [2.45, 2.75) is 40.0 Å². The Balaban J connectivity index is 1.55. The molecule has 2 aromatic heterocycles. The number of aromatic nitrogens is 3. The molecule has 0 spiro atoms. The van der Waals surface area contributed by atoms with E-state index in [4.69, 9.17) is 9.57 Å². The summed E-state index contributed by atoms with van der Waals surface area (Å²) in [5.74, 6) is 0.527. The molecule has 2 N–H and O–H groups in total. The van der Waals surface area contributed by atoms with Gasteiger partial charge in [-0.25, -0.2) is 19.7 Å². The molecule has 1 fully saturated rings. The predicted molar refractivity (Wildman–Crippen MR) is 149 cm³/mol. The lowest BCUT2D eigenvalue weighted by atomic mass is 9.76. The zero-order chi connectivity index (χ0) is 27.1. The third-order valence-electron chi connectivity index (χ3n) is 6.73. The molecule has 1 aliphatic heterocycles. The fourth-order valence-electron chi connectivity index (χ4n) is 4.54. The van der Waals surface area contributed by atoms with Crippen LogP contribution in [-0.2, 0) is 14.4 Å². The largest absolute Gasteiger partial charge is 0.466 e. The molecule has 0 aliphatic carbocycles. The number of hydrogen-bond donors (Lipinski definition) is 2. The van der Waals surface area contributed by atoms with Crippen LogP contribution in [0.2, 0.25) is 0 Å². The maximum atomic E-state index is 12.5. The van der Waals surface area contributed by atoms with Gasteiger partial charge in [0.05, 0.1) is 28.5 Å². The highest BCUT2D eigenvalue weighted by Gasteiger charge is 2.41. The Bertz CT molecular complexity index is 1300. The van der Waals surface area contributed by atoms with Crippen LogP contribution in [0.3, 0.4) is 0 Å². The Labute approximate surface area is 225 Å². The highest BCUT2D eigenvalue weighted by Crippen LogP contribution is 2.37. The zero-order valence-corrected chi connectivity index (χ0v) is 22.9. The summed E-state index contributed by atoms with van der Waals surface area (Å²) in [5.41, 5.74) is 2.77. The van der Waals surface area contributed by atoms with E-state index in [1.165, 1.54) is 18.4 Å². The van der Waals surface area contributed by atoms with E-state index in [1.807, 2.05) is 32.9 Å². The maximum Gasteiger partial charge on any atom is 0.321 e. The van der Waals surface area contributed by atoms with Gasteiger partial charge in [-0.15, -0.1) is 0 Å². The van der Waals surface area contributed by atoms with E-state index in [0.717, 1.165) is 27.8 Å². The van der Waals surface area contributed by atoms with E-state index < -0.39 is 5.41 Å². The summed E-state index contributed by atoms with van der Waals surface area (Å²) in [7, 11) is 1.48. The Kier molecular flexibility index (Phi) is 8.72. The molecule has 0 unspecified atom stereocenters. The van der Waals surface area contributed by atoms with E-state index in [-0.39, 0.29) is 12.0 Å². The summed E-state index contributed by atoms with van der Waals surface area (Å²) in [4.78, 5) is 45.4. The number of hydrogen-bond acceptors (Lipinski definition) is 10. The lowest BCUT2D eigenvalue weighted by Gasteiger charge is -2.39. The molecule has 1 saturated heterocycles. The zero-order valence-electron chi connectivity index (χ0n) is 22.1. The van der Waals surface area contributed by atoms with E-state index >= 15 is 0 Å². The number of urea groups is 1. The summed E-state index contributed by atoms with van der Waals surface area (Å²) in [6.07, 6.45) is 7.37. The molecule has 1 aromatic carbocycles. The first kappa shape index (κ1) is 27.2. The summed E-state index contributed by atoms with van der Waals surface area (Å²) in [6, 6.07) is 3.60. The van der Waals surface area contributed by atoms with Gasteiger partial charge in [0.15, 0.2) is 5.13 Å². The number of carbonyl (C=O) groups excluding carboxylic acids is 2. The SMILES string of the molecule is CCNC(=O)Nc1nc2cc(-c3cnc(N4CCC(CC)(C(=O)OCC)CC4)nc3)cc(/C=N/OC)c2s1. The minimum atomic E-state index is -0.430. The van der Waals surface area contributed by atoms with E-state index in [0.29, 0.717) is 55.7 Å². The van der Waals surface area contributed by atoms with Crippen LogP contribution in [-0.4, -0.2) is 66.5 Å². The van der Waals surface area contributed by atoms with Crippen molar-refractivity contribution in [3.63, 3.8) is 0 Å². The minimum Gasteiger partial charge on any atom is -0.466 e. The first-order valence-corrected chi connectivity index (χ1v) is 13.5. The molecule has 2 amide bonds. The standard InChI is InChI=1S/C26H33N7O4S/c1-5-26(22(34)37-7-3)8-10-33(11-9-26)23-28-14-19(15-29-23)17-12-18(16-30-36-4)21-20(13-17)31-25(38-21)32-24(35)27-6-2/h12-16H,5-11H2,1-4H3,(H2,27,31,32,35)/b30-16+. The quantitative estimate of drug-likeness (QED) is 0.232. The minimum absolute atomic E-state index is 0.104. The molecule has 202 valence electrons. The molecular weight excluding hydrogens is 506 g/mol. The first-order chi connectivity index (χ1) is 18.4. The summed E-state index contributed by atoms with van der Waals surface area (Å²) < 4.78 is 6.21. The van der Waals surface area contributed by atoms with Crippen LogP contribution in [0.25, 0.3) is 21.3 Å². The van der Waals surface area contributed by atoms with Gasteiger partial charge in [-0.1, -0.05) is 23.4 Å². The number of ether oxygens (including phenoxy) is 1. The number of carbonyl (C=O) groups is 2. The van der Waals surface area contributed by atoms with Gasteiger partial charge in [-0.05, 0) is 50.8 Å². The molecule has 4 rings (SSSR count). The van der Waals surface area contributed by atoms with Gasteiger partial charge in [0.1, 0.15) is 7.11 Å². The van der Waals surface area contributed by atoms with Crippen LogP contribution < -0.4 is 15.5 Å². The van der Waals surface area contributed by atoms with Crippen molar-refractivity contribution >= 4 is 50.8 Å². The molecule has 3 aromatic rings. The number of piperidine rings is 1. The van der Waals surface area contributed by atoms with Crippen molar-refractivity contribution in [1.29, 1.82) is 0 Å². The number of fused-ring (bicyclic) bond motifs is 1. The number of thiazole rings is 1. The topological polar surface area (TPSA) is 131 Å². The Morgan fingerprint density at radius 2 is 1.89 bits per heavy atom. The summed E-state index contributed by atoms with van der Waals surface area (Å²) in [5, 5.41) is 9.88. The number of amides is 2. The van der Waals surface area contributed by atoms with Crippen molar-refractivity contribution in [3.8, 4) is 11.1 Å². The third-order valence-corrected chi connectivity index (χ3v) is 7.77. The fraction of sp³-hybridized carbons (Fsp3) is 0.462. The lowest BCUT2D eigenvalue weighted by molar-refractivity contribution is -0.157. The number of nitrogens with zero attached hydrogens (tertiary/aromatic N) is 5. The van der Waals surface area contributed by atoms with Gasteiger partial charge in [0.2, 0.25) is 5.95 Å². The molecule has 38 heavy (non-hydrogen) atoms. The predicted octanol–water partition coefficient (Wildman–Crippen LogP) is 4.43. The van der Waals surface area contributed by atoms with Crippen LogP contribution in [0.1, 0.15) is 45.6 Å². The van der Waals surface area contributed by atoms with Crippen LogP contribution in [0.15, 0.2) is 29.7 Å². The average molecular weight is 540 g/mol. The molecule has 0 saturated carbocycles. The van der Waals surface area contributed by atoms with Crippen molar-refractivity contribution in [3.05, 3.63) is 30.1 Å². The van der Waals surface area contributed by atoms with Crippen LogP contribution in [0, 0.1) is 5.41 Å². The summed E-state index contributed by atoms with van der Waals surface area (Å²) >= 11 is 1.36. The van der Waals surface area contributed by atoms with Gasteiger partial charge in [-0.3, -0.25) is 10.1 Å².